The van der Waals surface area contributed by atoms with Crippen molar-refractivity contribution in [3.8, 4) is 11.3 Å². The van der Waals surface area contributed by atoms with Gasteiger partial charge in [-0.1, -0.05) is 0 Å². The fraction of sp³-hybridized carbons (Fsp3) is 0.0909. The van der Waals surface area contributed by atoms with Gasteiger partial charge in [0.15, 0.2) is 5.82 Å². The molecule has 76 valence electrons. The Morgan fingerprint density at radius 1 is 1.07 bits per heavy atom. The van der Waals surface area contributed by atoms with Gasteiger partial charge in [0.25, 0.3) is 0 Å². The van der Waals surface area contributed by atoms with Gasteiger partial charge in [-0.15, -0.1) is 0 Å². The summed E-state index contributed by atoms with van der Waals surface area (Å²) in [7, 11) is 1.77. The van der Waals surface area contributed by atoms with Gasteiger partial charge in [-0.25, -0.2) is 9.37 Å². The average molecular weight is 203 g/mol. The monoisotopic (exact) mass is 203 g/mol. The molecule has 0 fully saturated rings. The Bertz CT molecular complexity index is 454. The summed E-state index contributed by atoms with van der Waals surface area (Å²) in [4.78, 5) is 8.33. The first kappa shape index (κ1) is 9.58. The molecule has 0 aliphatic carbocycles. The Morgan fingerprint density at radius 3 is 2.40 bits per heavy atom. The molecule has 4 heteroatoms. The van der Waals surface area contributed by atoms with Gasteiger partial charge in [0, 0.05) is 25.0 Å². The highest BCUT2D eigenvalue weighted by Gasteiger charge is 2.05. The third-order valence-corrected chi connectivity index (χ3v) is 2.05. The molecule has 0 radical (unpaired) electrons. The number of hydrogen-bond donors (Lipinski definition) is 1. The summed E-state index contributed by atoms with van der Waals surface area (Å²) in [5.74, 6) is 0.428. The van der Waals surface area contributed by atoms with Gasteiger partial charge in [-0.3, -0.25) is 4.98 Å². The third kappa shape index (κ3) is 1.93. The van der Waals surface area contributed by atoms with Crippen LogP contribution in [0.3, 0.4) is 0 Å². The predicted molar refractivity (Wildman–Crippen MR) is 57.0 cm³/mol. The SMILES string of the molecule is CNc1nccnc1-c1ccc(F)cc1. The molecule has 0 saturated heterocycles. The van der Waals surface area contributed by atoms with Crippen molar-refractivity contribution in [3.05, 3.63) is 42.5 Å². The second kappa shape index (κ2) is 4.04. The minimum absolute atomic E-state index is 0.256. The molecule has 0 atom stereocenters. The smallest absolute Gasteiger partial charge is 0.152 e. The first-order valence-electron chi connectivity index (χ1n) is 4.56. The normalized spacial score (nSPS) is 10.0. The fourth-order valence-electron chi connectivity index (χ4n) is 1.34. The van der Waals surface area contributed by atoms with E-state index in [-0.39, 0.29) is 5.82 Å². The fourth-order valence-corrected chi connectivity index (χ4v) is 1.34. The Hall–Kier alpha value is -1.97. The van der Waals surface area contributed by atoms with Crippen LogP contribution < -0.4 is 5.32 Å². The average Bonchev–Trinajstić information content (AvgIpc) is 2.30. The molecule has 1 aromatic heterocycles. The lowest BCUT2D eigenvalue weighted by molar-refractivity contribution is 0.628. The number of hydrogen-bond acceptors (Lipinski definition) is 3. The van der Waals surface area contributed by atoms with Gasteiger partial charge in [-0.05, 0) is 24.3 Å². The molecule has 3 nitrogen and oxygen atoms in total. The van der Waals surface area contributed by atoms with Gasteiger partial charge >= 0.3 is 0 Å². The highest BCUT2D eigenvalue weighted by molar-refractivity contribution is 5.70. The van der Waals surface area contributed by atoms with Crippen molar-refractivity contribution in [3.63, 3.8) is 0 Å². The lowest BCUT2D eigenvalue weighted by atomic mass is 10.1. The van der Waals surface area contributed by atoms with E-state index in [2.05, 4.69) is 15.3 Å². The zero-order chi connectivity index (χ0) is 10.7. The molecule has 2 rings (SSSR count). The van der Waals surface area contributed by atoms with Crippen molar-refractivity contribution in [2.75, 3.05) is 12.4 Å². The largest absolute Gasteiger partial charge is 0.371 e. The van der Waals surface area contributed by atoms with Crippen molar-refractivity contribution in [2.45, 2.75) is 0 Å². The van der Waals surface area contributed by atoms with Crippen molar-refractivity contribution in [1.82, 2.24) is 9.97 Å². The molecule has 0 unspecified atom stereocenters. The number of nitrogens with zero attached hydrogens (tertiary/aromatic N) is 2. The quantitative estimate of drug-likeness (QED) is 0.813. The van der Waals surface area contributed by atoms with Crippen LogP contribution >= 0.6 is 0 Å². The molecule has 1 N–H and O–H groups in total. The second-order valence-corrected chi connectivity index (χ2v) is 3.01. The number of nitrogens with one attached hydrogen (secondary N) is 1. The lowest BCUT2D eigenvalue weighted by Crippen LogP contribution is -1.97. The maximum atomic E-state index is 12.7. The Kier molecular flexibility index (Phi) is 2.58. The number of benzene rings is 1. The number of halogens is 1. The maximum absolute atomic E-state index is 12.7. The van der Waals surface area contributed by atoms with E-state index in [4.69, 9.17) is 0 Å². The van der Waals surface area contributed by atoms with Gasteiger partial charge < -0.3 is 5.32 Å². The highest BCUT2D eigenvalue weighted by Crippen LogP contribution is 2.22. The Balaban J connectivity index is 2.49. The van der Waals surface area contributed by atoms with E-state index >= 15 is 0 Å². The van der Waals surface area contributed by atoms with Crippen LogP contribution in [0.15, 0.2) is 36.7 Å². The van der Waals surface area contributed by atoms with Crippen molar-refractivity contribution < 1.29 is 4.39 Å². The molecule has 0 amide bonds. The van der Waals surface area contributed by atoms with Gasteiger partial charge in [-0.2, -0.15) is 0 Å². The molecular weight excluding hydrogens is 193 g/mol. The third-order valence-electron chi connectivity index (χ3n) is 2.05. The van der Waals surface area contributed by atoms with Crippen LogP contribution in [0.25, 0.3) is 11.3 Å². The molecule has 0 aliphatic rings. The van der Waals surface area contributed by atoms with Crippen LogP contribution in [0.1, 0.15) is 0 Å². The van der Waals surface area contributed by atoms with E-state index in [1.807, 2.05) is 0 Å². The number of anilines is 1. The molecule has 0 saturated carbocycles. The summed E-state index contributed by atoms with van der Waals surface area (Å²) in [5, 5.41) is 2.94. The standard InChI is InChI=1S/C11H10FN3/c1-13-11-10(14-6-7-15-11)8-2-4-9(12)5-3-8/h2-7H,1H3,(H,13,15). The first-order valence-corrected chi connectivity index (χ1v) is 4.56. The molecule has 0 bridgehead atoms. The zero-order valence-electron chi connectivity index (χ0n) is 8.24. The van der Waals surface area contributed by atoms with E-state index in [9.17, 15) is 4.39 Å². The van der Waals surface area contributed by atoms with Crippen LogP contribution in [0, 0.1) is 5.82 Å². The van der Waals surface area contributed by atoms with Crippen LogP contribution in [0.5, 0.6) is 0 Å². The van der Waals surface area contributed by atoms with Crippen LogP contribution in [-0.2, 0) is 0 Å². The molecule has 1 aromatic carbocycles. The second-order valence-electron chi connectivity index (χ2n) is 3.01. The highest BCUT2D eigenvalue weighted by atomic mass is 19.1. The minimum atomic E-state index is -0.256. The van der Waals surface area contributed by atoms with Gasteiger partial charge in [0.05, 0.1) is 0 Å². The van der Waals surface area contributed by atoms with Gasteiger partial charge in [0.1, 0.15) is 11.5 Å². The van der Waals surface area contributed by atoms with Crippen LogP contribution in [-0.4, -0.2) is 17.0 Å². The van der Waals surface area contributed by atoms with E-state index in [1.165, 1.54) is 12.1 Å². The topological polar surface area (TPSA) is 37.8 Å². The summed E-state index contributed by atoms with van der Waals surface area (Å²) in [6.45, 7) is 0. The summed E-state index contributed by atoms with van der Waals surface area (Å²) < 4.78 is 12.7. The van der Waals surface area contributed by atoms with E-state index in [0.29, 0.717) is 5.82 Å². The number of aromatic nitrogens is 2. The Labute approximate surface area is 87.0 Å². The molecule has 0 spiro atoms. The van der Waals surface area contributed by atoms with Gasteiger partial charge in [0.2, 0.25) is 0 Å². The molecular formula is C11H10FN3. The van der Waals surface area contributed by atoms with Crippen molar-refractivity contribution in [2.24, 2.45) is 0 Å². The molecule has 2 aromatic rings. The first-order chi connectivity index (χ1) is 7.31. The molecule has 1 heterocycles. The van der Waals surface area contributed by atoms with E-state index < -0.39 is 0 Å². The minimum Gasteiger partial charge on any atom is -0.371 e. The van der Waals surface area contributed by atoms with Crippen LogP contribution in [0.4, 0.5) is 10.2 Å². The lowest BCUT2D eigenvalue weighted by Gasteiger charge is -2.05. The summed E-state index contributed by atoms with van der Waals surface area (Å²) in [6.07, 6.45) is 3.22. The molecule has 0 aliphatic heterocycles. The summed E-state index contributed by atoms with van der Waals surface area (Å²) in [5.41, 5.74) is 1.56. The van der Waals surface area contributed by atoms with Crippen LogP contribution in [0.2, 0.25) is 0 Å². The summed E-state index contributed by atoms with van der Waals surface area (Å²) in [6, 6.07) is 6.17. The van der Waals surface area contributed by atoms with E-state index in [0.717, 1.165) is 11.3 Å². The zero-order valence-corrected chi connectivity index (χ0v) is 8.24. The van der Waals surface area contributed by atoms with Crippen molar-refractivity contribution >= 4 is 5.82 Å². The van der Waals surface area contributed by atoms with E-state index in [1.54, 1.807) is 31.6 Å². The Morgan fingerprint density at radius 2 is 1.73 bits per heavy atom. The van der Waals surface area contributed by atoms with Crippen molar-refractivity contribution in [1.29, 1.82) is 0 Å². The predicted octanol–water partition coefficient (Wildman–Crippen LogP) is 2.32. The molecule has 15 heavy (non-hydrogen) atoms. The summed E-state index contributed by atoms with van der Waals surface area (Å²) >= 11 is 0. The number of rotatable bonds is 2. The maximum Gasteiger partial charge on any atom is 0.152 e.